The number of ether oxygens (including phenoxy) is 1. The fraction of sp³-hybridized carbons (Fsp3) is 0.136. The van der Waals surface area contributed by atoms with Gasteiger partial charge >= 0.3 is 0 Å². The number of aryl methyl sites for hydroxylation is 1. The number of rotatable bonds is 5. The highest BCUT2D eigenvalue weighted by Crippen LogP contribution is 2.27. The van der Waals surface area contributed by atoms with Gasteiger partial charge in [0.2, 0.25) is 0 Å². The largest absolute Gasteiger partial charge is 0.495 e. The van der Waals surface area contributed by atoms with Crippen LogP contribution >= 0.6 is 11.6 Å². The lowest BCUT2D eigenvalue weighted by Crippen LogP contribution is -2.21. The van der Waals surface area contributed by atoms with E-state index in [0.717, 1.165) is 0 Å². The van der Waals surface area contributed by atoms with Crippen LogP contribution in [0.25, 0.3) is 10.9 Å². The fourth-order valence-electron chi connectivity index (χ4n) is 3.17. The van der Waals surface area contributed by atoms with E-state index < -0.39 is 0 Å². The summed E-state index contributed by atoms with van der Waals surface area (Å²) in [5.74, 6) is 0.783. The van der Waals surface area contributed by atoms with Crippen LogP contribution < -0.4 is 15.6 Å². The predicted octanol–water partition coefficient (Wildman–Crippen LogP) is 4.26. The van der Waals surface area contributed by atoms with E-state index in [4.69, 9.17) is 20.8 Å². The van der Waals surface area contributed by atoms with Crippen molar-refractivity contribution in [2.45, 2.75) is 13.5 Å². The molecule has 0 saturated heterocycles. The molecule has 3 aromatic heterocycles. The zero-order valence-electron chi connectivity index (χ0n) is 16.3. The summed E-state index contributed by atoms with van der Waals surface area (Å²) >= 11 is 6.12. The number of benzene rings is 1. The second-order valence-electron chi connectivity index (χ2n) is 6.69. The van der Waals surface area contributed by atoms with Gasteiger partial charge in [0.1, 0.15) is 11.5 Å². The van der Waals surface area contributed by atoms with Gasteiger partial charge in [-0.15, -0.1) is 0 Å². The highest BCUT2D eigenvalue weighted by atomic mass is 35.5. The summed E-state index contributed by atoms with van der Waals surface area (Å²) < 4.78 is 12.0. The van der Waals surface area contributed by atoms with Crippen molar-refractivity contribution in [1.29, 1.82) is 0 Å². The van der Waals surface area contributed by atoms with Crippen LogP contribution in [0.5, 0.6) is 5.75 Å². The van der Waals surface area contributed by atoms with Crippen LogP contribution in [0.2, 0.25) is 5.02 Å². The molecule has 1 N–H and O–H groups in total. The number of furan rings is 1. The van der Waals surface area contributed by atoms with Gasteiger partial charge in [0, 0.05) is 11.9 Å². The van der Waals surface area contributed by atoms with Crippen molar-refractivity contribution < 1.29 is 13.9 Å². The molecule has 0 radical (unpaired) electrons. The summed E-state index contributed by atoms with van der Waals surface area (Å²) in [7, 11) is 1.52. The Morgan fingerprint density at radius 3 is 2.80 bits per heavy atom. The number of amides is 1. The molecule has 0 unspecified atom stereocenters. The molecule has 0 atom stereocenters. The van der Waals surface area contributed by atoms with Crippen LogP contribution in [0.15, 0.2) is 64.1 Å². The molecular formula is C22H18ClN3O4. The Kier molecular flexibility index (Phi) is 5.29. The minimum Gasteiger partial charge on any atom is -0.495 e. The number of hydrogen-bond donors (Lipinski definition) is 1. The van der Waals surface area contributed by atoms with E-state index >= 15 is 0 Å². The average molecular weight is 424 g/mol. The van der Waals surface area contributed by atoms with Gasteiger partial charge in [-0.25, -0.2) is 0 Å². The number of hydrogen-bond acceptors (Lipinski definition) is 5. The highest BCUT2D eigenvalue weighted by molar-refractivity contribution is 6.32. The minimum absolute atomic E-state index is 0.252. The van der Waals surface area contributed by atoms with Crippen LogP contribution in [0.4, 0.5) is 5.69 Å². The number of nitrogens with zero attached hydrogens (tertiary/aromatic N) is 2. The lowest BCUT2D eigenvalue weighted by atomic mass is 10.1. The van der Waals surface area contributed by atoms with Crippen molar-refractivity contribution in [3.05, 3.63) is 87.3 Å². The van der Waals surface area contributed by atoms with Crippen molar-refractivity contribution in [1.82, 2.24) is 9.55 Å². The number of nitrogens with one attached hydrogen (secondary N) is 1. The molecule has 3 heterocycles. The van der Waals surface area contributed by atoms with Gasteiger partial charge in [0.25, 0.3) is 11.5 Å². The van der Waals surface area contributed by atoms with Crippen LogP contribution in [0, 0.1) is 6.92 Å². The van der Waals surface area contributed by atoms with Crippen molar-refractivity contribution in [2.24, 2.45) is 0 Å². The maximum absolute atomic E-state index is 12.9. The molecule has 0 aliphatic carbocycles. The van der Waals surface area contributed by atoms with Crippen molar-refractivity contribution in [3.8, 4) is 5.75 Å². The zero-order valence-corrected chi connectivity index (χ0v) is 17.1. The summed E-state index contributed by atoms with van der Waals surface area (Å²) in [6.07, 6.45) is 3.22. The first-order valence-corrected chi connectivity index (χ1v) is 9.52. The van der Waals surface area contributed by atoms with E-state index in [9.17, 15) is 9.59 Å². The number of aromatic nitrogens is 2. The van der Waals surface area contributed by atoms with Gasteiger partial charge < -0.3 is 19.0 Å². The number of pyridine rings is 2. The number of methoxy groups -OCH3 is 1. The Morgan fingerprint density at radius 2 is 2.10 bits per heavy atom. The molecule has 0 saturated carbocycles. The Hall–Kier alpha value is -3.58. The smallest absolute Gasteiger partial charge is 0.260 e. The normalized spacial score (nSPS) is 10.9. The third-order valence-electron chi connectivity index (χ3n) is 4.71. The van der Waals surface area contributed by atoms with Gasteiger partial charge in [-0.1, -0.05) is 11.6 Å². The molecule has 0 bridgehead atoms. The van der Waals surface area contributed by atoms with E-state index in [1.54, 1.807) is 61.8 Å². The van der Waals surface area contributed by atoms with Gasteiger partial charge in [-0.05, 0) is 49.4 Å². The topological polar surface area (TPSA) is 86.4 Å². The molecule has 7 nitrogen and oxygen atoms in total. The molecule has 0 aliphatic rings. The summed E-state index contributed by atoms with van der Waals surface area (Å²) in [5, 5.41) is 3.52. The highest BCUT2D eigenvalue weighted by Gasteiger charge is 2.15. The first kappa shape index (κ1) is 19.7. The molecule has 1 amide bonds. The standard InChI is InChI=1S/C22H18ClN3O4/c1-13-16(21(27)25-14-5-6-20(29-2)18(23)10-14)11-17-19(24-13)7-8-26(22(17)28)12-15-4-3-9-30-15/h3-11H,12H2,1-2H3,(H,25,27). The number of anilines is 1. The molecule has 0 spiro atoms. The zero-order chi connectivity index (χ0) is 21.3. The maximum Gasteiger partial charge on any atom is 0.260 e. The number of fused-ring (bicyclic) bond motifs is 1. The third kappa shape index (κ3) is 3.79. The van der Waals surface area contributed by atoms with Crippen LogP contribution in [0.1, 0.15) is 21.8 Å². The van der Waals surface area contributed by atoms with E-state index in [0.29, 0.717) is 50.9 Å². The molecule has 4 rings (SSSR count). The second-order valence-corrected chi connectivity index (χ2v) is 7.09. The molecule has 1 aromatic carbocycles. The maximum atomic E-state index is 12.9. The lowest BCUT2D eigenvalue weighted by molar-refractivity contribution is 0.102. The predicted molar refractivity (Wildman–Crippen MR) is 115 cm³/mol. The van der Waals surface area contributed by atoms with Gasteiger partial charge in [0.15, 0.2) is 0 Å². The van der Waals surface area contributed by atoms with Crippen molar-refractivity contribution >= 4 is 34.1 Å². The van der Waals surface area contributed by atoms with Gasteiger partial charge in [0.05, 0.1) is 47.1 Å². The summed E-state index contributed by atoms with van der Waals surface area (Å²) in [6.45, 7) is 2.02. The minimum atomic E-state index is -0.385. The first-order chi connectivity index (χ1) is 14.5. The number of carbonyl (C=O) groups is 1. The average Bonchev–Trinajstić information content (AvgIpc) is 3.23. The lowest BCUT2D eigenvalue weighted by Gasteiger charge is -2.11. The summed E-state index contributed by atoms with van der Waals surface area (Å²) in [4.78, 5) is 30.2. The van der Waals surface area contributed by atoms with Crippen molar-refractivity contribution in [3.63, 3.8) is 0 Å². The van der Waals surface area contributed by atoms with Crippen LogP contribution in [-0.4, -0.2) is 22.6 Å². The Labute approximate surface area is 176 Å². The van der Waals surface area contributed by atoms with E-state index in [-0.39, 0.29) is 11.5 Å². The van der Waals surface area contributed by atoms with Gasteiger partial charge in [-0.3, -0.25) is 14.6 Å². The van der Waals surface area contributed by atoms with Crippen LogP contribution in [-0.2, 0) is 6.54 Å². The van der Waals surface area contributed by atoms with E-state index in [1.807, 2.05) is 0 Å². The summed E-state index contributed by atoms with van der Waals surface area (Å²) in [6, 6.07) is 11.8. The molecule has 30 heavy (non-hydrogen) atoms. The summed E-state index contributed by atoms with van der Waals surface area (Å²) in [5.41, 5.74) is 1.61. The molecule has 152 valence electrons. The molecule has 8 heteroatoms. The molecular weight excluding hydrogens is 406 g/mol. The monoisotopic (exact) mass is 423 g/mol. The molecule has 0 fully saturated rings. The first-order valence-electron chi connectivity index (χ1n) is 9.14. The van der Waals surface area contributed by atoms with Crippen molar-refractivity contribution in [2.75, 3.05) is 12.4 Å². The quantitative estimate of drug-likeness (QED) is 0.518. The fourth-order valence-corrected chi connectivity index (χ4v) is 3.43. The Bertz CT molecular complexity index is 1300. The SMILES string of the molecule is COc1ccc(NC(=O)c2cc3c(=O)n(Cc4ccco4)ccc3nc2C)cc1Cl. The Balaban J connectivity index is 1.68. The second kappa shape index (κ2) is 8.04. The van der Waals surface area contributed by atoms with Crippen LogP contribution in [0.3, 0.4) is 0 Å². The van der Waals surface area contributed by atoms with E-state index in [2.05, 4.69) is 10.3 Å². The Morgan fingerprint density at radius 1 is 1.27 bits per heavy atom. The molecule has 4 aromatic rings. The number of carbonyl (C=O) groups excluding carboxylic acids is 1. The number of halogens is 1. The molecule has 0 aliphatic heterocycles. The third-order valence-corrected chi connectivity index (χ3v) is 5.00. The van der Waals surface area contributed by atoms with E-state index in [1.165, 1.54) is 11.7 Å². The van der Waals surface area contributed by atoms with Gasteiger partial charge in [-0.2, -0.15) is 0 Å².